The van der Waals surface area contributed by atoms with Gasteiger partial charge in [-0.1, -0.05) is 0 Å². The smallest absolute Gasteiger partial charge is 0.177 e. The van der Waals surface area contributed by atoms with Crippen molar-refractivity contribution >= 4 is 5.78 Å². The van der Waals surface area contributed by atoms with Crippen LogP contribution in [0, 0.1) is 0 Å². The highest BCUT2D eigenvalue weighted by molar-refractivity contribution is 5.92. The number of aromatic nitrogens is 2. The number of hydrogen-bond donors (Lipinski definition) is 0. The van der Waals surface area contributed by atoms with Crippen molar-refractivity contribution in [2.45, 2.75) is 13.5 Å². The van der Waals surface area contributed by atoms with E-state index in [4.69, 9.17) is 0 Å². The summed E-state index contributed by atoms with van der Waals surface area (Å²) < 4.78 is 13.3. The molecule has 1 aromatic rings. The predicted octanol–water partition coefficient (Wildman–Crippen LogP) is 1.06. The zero-order valence-corrected chi connectivity index (χ0v) is 6.25. The van der Waals surface area contributed by atoms with Gasteiger partial charge in [0.05, 0.1) is 19.1 Å². The molecule has 0 fully saturated rings. The fraction of sp³-hybridized carbons (Fsp3) is 0.429. The van der Waals surface area contributed by atoms with E-state index < -0.39 is 6.67 Å². The summed E-state index contributed by atoms with van der Waals surface area (Å²) in [6, 6.07) is 0. The number of rotatable bonds is 3. The van der Waals surface area contributed by atoms with Gasteiger partial charge in [0.1, 0.15) is 12.4 Å². The molecule has 11 heavy (non-hydrogen) atoms. The van der Waals surface area contributed by atoms with E-state index in [1.54, 1.807) is 0 Å². The first-order valence-electron chi connectivity index (χ1n) is 3.32. The molecule has 0 unspecified atom stereocenters. The molecule has 0 N–H and O–H groups in total. The number of hydrogen-bond acceptors (Lipinski definition) is 2. The van der Waals surface area contributed by atoms with E-state index in [-0.39, 0.29) is 12.3 Å². The van der Waals surface area contributed by atoms with Crippen LogP contribution in [0.4, 0.5) is 4.39 Å². The van der Waals surface area contributed by atoms with Gasteiger partial charge in [-0.05, 0) is 0 Å². The number of carbonyl (C=O) groups excluding carboxylic acids is 1. The van der Waals surface area contributed by atoms with E-state index in [0.717, 1.165) is 0 Å². The number of imidazole rings is 1. The normalized spacial score (nSPS) is 10.0. The average molecular weight is 156 g/mol. The van der Waals surface area contributed by atoms with Gasteiger partial charge in [0.2, 0.25) is 0 Å². The number of alkyl halides is 1. The third-order valence-electron chi connectivity index (χ3n) is 1.40. The highest BCUT2D eigenvalue weighted by atomic mass is 19.1. The number of halogens is 1. The molecule has 0 atom stereocenters. The van der Waals surface area contributed by atoms with Gasteiger partial charge in [0, 0.05) is 6.92 Å². The standard InChI is InChI=1S/C7H9FN2O/c1-6(11)7-4-9-5-10(7)3-2-8/h4-5H,2-3H2,1H3. The second-order valence-corrected chi connectivity index (χ2v) is 2.22. The lowest BCUT2D eigenvalue weighted by atomic mass is 10.3. The van der Waals surface area contributed by atoms with Crippen molar-refractivity contribution < 1.29 is 9.18 Å². The summed E-state index contributed by atoms with van der Waals surface area (Å²) in [6.07, 6.45) is 2.90. The SMILES string of the molecule is CC(=O)c1cncn1CCF. The van der Waals surface area contributed by atoms with Gasteiger partial charge in [-0.15, -0.1) is 0 Å². The van der Waals surface area contributed by atoms with Crippen LogP contribution >= 0.6 is 0 Å². The summed E-state index contributed by atoms with van der Waals surface area (Å²) in [4.78, 5) is 14.6. The Balaban J connectivity index is 2.87. The molecule has 4 heteroatoms. The zero-order valence-electron chi connectivity index (χ0n) is 6.25. The number of carbonyl (C=O) groups is 1. The van der Waals surface area contributed by atoms with E-state index in [1.165, 1.54) is 24.0 Å². The summed E-state index contributed by atoms with van der Waals surface area (Å²) >= 11 is 0. The van der Waals surface area contributed by atoms with E-state index in [9.17, 15) is 9.18 Å². The largest absolute Gasteiger partial charge is 0.326 e. The Bertz CT molecular complexity index is 257. The minimum Gasteiger partial charge on any atom is -0.326 e. The van der Waals surface area contributed by atoms with Crippen molar-refractivity contribution in [3.8, 4) is 0 Å². The first kappa shape index (κ1) is 7.91. The molecule has 1 heterocycles. The van der Waals surface area contributed by atoms with Crippen LogP contribution in [0.1, 0.15) is 17.4 Å². The Kier molecular flexibility index (Phi) is 2.36. The van der Waals surface area contributed by atoms with Gasteiger partial charge in [-0.3, -0.25) is 4.79 Å². The number of aryl methyl sites for hydroxylation is 1. The van der Waals surface area contributed by atoms with Gasteiger partial charge < -0.3 is 4.57 Å². The van der Waals surface area contributed by atoms with E-state index in [0.29, 0.717) is 5.69 Å². The van der Waals surface area contributed by atoms with E-state index in [2.05, 4.69) is 4.98 Å². The summed E-state index contributed by atoms with van der Waals surface area (Å²) in [5, 5.41) is 0. The third kappa shape index (κ3) is 1.63. The Labute approximate surface area is 63.9 Å². The second kappa shape index (κ2) is 3.27. The van der Waals surface area contributed by atoms with Crippen molar-refractivity contribution in [1.82, 2.24) is 9.55 Å². The summed E-state index contributed by atoms with van der Waals surface area (Å²) in [7, 11) is 0. The second-order valence-electron chi connectivity index (χ2n) is 2.22. The van der Waals surface area contributed by atoms with Gasteiger partial charge in [0.25, 0.3) is 0 Å². The fourth-order valence-electron chi connectivity index (χ4n) is 0.883. The fourth-order valence-corrected chi connectivity index (χ4v) is 0.883. The molecular formula is C7H9FN2O. The van der Waals surface area contributed by atoms with Crippen molar-refractivity contribution in [1.29, 1.82) is 0 Å². The third-order valence-corrected chi connectivity index (χ3v) is 1.40. The molecule has 0 amide bonds. The van der Waals surface area contributed by atoms with Crippen molar-refractivity contribution in [2.24, 2.45) is 0 Å². The minimum absolute atomic E-state index is 0.0871. The Morgan fingerprint density at radius 2 is 2.55 bits per heavy atom. The molecule has 0 bridgehead atoms. The average Bonchev–Trinajstić information content (AvgIpc) is 2.36. The van der Waals surface area contributed by atoms with E-state index in [1.807, 2.05) is 0 Å². The Hall–Kier alpha value is -1.19. The van der Waals surface area contributed by atoms with Crippen LogP contribution in [0.2, 0.25) is 0 Å². The summed E-state index contributed by atoms with van der Waals surface area (Å²) in [5.41, 5.74) is 0.461. The number of ketones is 1. The van der Waals surface area contributed by atoms with Crippen LogP contribution < -0.4 is 0 Å². The molecule has 1 rings (SSSR count). The van der Waals surface area contributed by atoms with Crippen LogP contribution in [0.5, 0.6) is 0 Å². The first-order valence-corrected chi connectivity index (χ1v) is 3.32. The first-order chi connectivity index (χ1) is 5.25. The molecule has 0 saturated carbocycles. The van der Waals surface area contributed by atoms with Gasteiger partial charge in [0.15, 0.2) is 5.78 Å². The molecule has 0 aliphatic carbocycles. The minimum atomic E-state index is -0.476. The highest BCUT2D eigenvalue weighted by Gasteiger charge is 2.04. The maximum atomic E-state index is 11.8. The van der Waals surface area contributed by atoms with Crippen LogP contribution in [-0.4, -0.2) is 22.0 Å². The van der Waals surface area contributed by atoms with Gasteiger partial charge in [-0.2, -0.15) is 0 Å². The van der Waals surface area contributed by atoms with Gasteiger partial charge in [-0.25, -0.2) is 9.37 Å². The molecular weight excluding hydrogens is 147 g/mol. The summed E-state index contributed by atoms with van der Waals surface area (Å²) in [6.45, 7) is 1.16. The van der Waals surface area contributed by atoms with Crippen LogP contribution in [-0.2, 0) is 6.54 Å². The lowest BCUT2D eigenvalue weighted by Crippen LogP contribution is -2.06. The van der Waals surface area contributed by atoms with Crippen LogP contribution in [0.25, 0.3) is 0 Å². The quantitative estimate of drug-likeness (QED) is 0.613. The molecule has 0 radical (unpaired) electrons. The zero-order chi connectivity index (χ0) is 8.27. The molecule has 0 aliphatic rings. The molecule has 0 saturated heterocycles. The monoisotopic (exact) mass is 156 g/mol. The highest BCUT2D eigenvalue weighted by Crippen LogP contribution is 1.99. The number of nitrogens with zero attached hydrogens (tertiary/aromatic N) is 2. The Morgan fingerprint density at radius 3 is 3.09 bits per heavy atom. The van der Waals surface area contributed by atoms with Crippen molar-refractivity contribution in [3.63, 3.8) is 0 Å². The maximum Gasteiger partial charge on any atom is 0.177 e. The van der Waals surface area contributed by atoms with Crippen LogP contribution in [0.3, 0.4) is 0 Å². The predicted molar refractivity (Wildman–Crippen MR) is 38.2 cm³/mol. The van der Waals surface area contributed by atoms with Crippen LogP contribution in [0.15, 0.2) is 12.5 Å². The topological polar surface area (TPSA) is 34.9 Å². The lowest BCUT2D eigenvalue weighted by molar-refractivity contribution is 0.100. The maximum absolute atomic E-state index is 11.8. The molecule has 0 aromatic carbocycles. The van der Waals surface area contributed by atoms with E-state index >= 15 is 0 Å². The molecule has 0 aliphatic heterocycles. The molecule has 60 valence electrons. The lowest BCUT2D eigenvalue weighted by Gasteiger charge is -2.00. The molecule has 1 aromatic heterocycles. The molecule has 0 spiro atoms. The van der Waals surface area contributed by atoms with Gasteiger partial charge >= 0.3 is 0 Å². The molecule has 3 nitrogen and oxygen atoms in total. The number of Topliss-reactive ketones (excluding diaryl/α,β-unsaturated/α-hetero) is 1. The van der Waals surface area contributed by atoms with Crippen molar-refractivity contribution in [2.75, 3.05) is 6.67 Å². The summed E-state index contributed by atoms with van der Waals surface area (Å²) in [5.74, 6) is -0.0871. The van der Waals surface area contributed by atoms with Crippen molar-refractivity contribution in [3.05, 3.63) is 18.2 Å². The Morgan fingerprint density at radius 1 is 1.82 bits per heavy atom.